The predicted molar refractivity (Wildman–Crippen MR) is 118 cm³/mol. The molecule has 2 N–H and O–H groups in total. The number of benzene rings is 1. The molecule has 0 bridgehead atoms. The van der Waals surface area contributed by atoms with Crippen LogP contribution in [-0.4, -0.2) is 30.6 Å². The molecule has 1 saturated heterocycles. The van der Waals surface area contributed by atoms with Gasteiger partial charge in [-0.2, -0.15) is 0 Å². The van der Waals surface area contributed by atoms with E-state index in [1.165, 1.54) is 6.42 Å². The average molecular weight is 442 g/mol. The number of carbonyl (C=O) groups is 1. The van der Waals surface area contributed by atoms with Crippen LogP contribution in [0.1, 0.15) is 31.7 Å². The van der Waals surface area contributed by atoms with Crippen molar-refractivity contribution in [2.75, 3.05) is 19.7 Å². The molecule has 0 spiro atoms. The fourth-order valence-corrected chi connectivity index (χ4v) is 3.08. The number of rotatable bonds is 9. The molecule has 1 aromatic carbocycles. The molecular formula is C21H29Cl2N3O3. The van der Waals surface area contributed by atoms with Gasteiger partial charge < -0.3 is 20.1 Å². The zero-order chi connectivity index (χ0) is 18.9. The first-order chi connectivity index (χ1) is 13.2. The maximum absolute atomic E-state index is 12.0. The number of hydrogen-bond donors (Lipinski definition) is 2. The summed E-state index contributed by atoms with van der Waals surface area (Å²) < 4.78 is 11.4. The second-order valence-corrected chi connectivity index (χ2v) is 6.66. The summed E-state index contributed by atoms with van der Waals surface area (Å²) in [4.78, 5) is 16.3. The number of hydrogen-bond acceptors (Lipinski definition) is 5. The van der Waals surface area contributed by atoms with Crippen LogP contribution < -0.4 is 20.1 Å². The standard InChI is InChI=1S/C21H27N3O3.2ClH/c1-2-26-18-5-3-4-6-19(18)27-21-10-8-17(15-24-21)14-23-20(25)9-7-16-11-12-22-13-16;;/h3-6,8,10,15-16,22H,2,7,9,11-14H2,1H3,(H,23,25);2*1H. The monoisotopic (exact) mass is 441 g/mol. The highest BCUT2D eigenvalue weighted by Crippen LogP contribution is 2.30. The molecule has 160 valence electrons. The van der Waals surface area contributed by atoms with Crippen molar-refractivity contribution in [2.24, 2.45) is 5.92 Å². The van der Waals surface area contributed by atoms with Gasteiger partial charge in [0.2, 0.25) is 11.8 Å². The summed E-state index contributed by atoms with van der Waals surface area (Å²) in [6.45, 7) is 5.09. The van der Waals surface area contributed by atoms with E-state index in [4.69, 9.17) is 9.47 Å². The molecule has 2 aromatic rings. The van der Waals surface area contributed by atoms with Gasteiger partial charge in [0.1, 0.15) is 0 Å². The van der Waals surface area contributed by atoms with E-state index in [-0.39, 0.29) is 30.7 Å². The van der Waals surface area contributed by atoms with E-state index in [0.29, 0.717) is 42.9 Å². The van der Waals surface area contributed by atoms with Gasteiger partial charge in [-0.25, -0.2) is 4.98 Å². The van der Waals surface area contributed by atoms with E-state index < -0.39 is 0 Å². The summed E-state index contributed by atoms with van der Waals surface area (Å²) >= 11 is 0. The highest BCUT2D eigenvalue weighted by atomic mass is 35.5. The van der Waals surface area contributed by atoms with Crippen LogP contribution in [0.4, 0.5) is 0 Å². The molecule has 0 saturated carbocycles. The fraction of sp³-hybridized carbons (Fsp3) is 0.429. The van der Waals surface area contributed by atoms with Crippen LogP contribution in [-0.2, 0) is 11.3 Å². The van der Waals surface area contributed by atoms with Crippen molar-refractivity contribution in [3.63, 3.8) is 0 Å². The van der Waals surface area contributed by atoms with E-state index in [1.807, 2.05) is 37.3 Å². The molecule has 0 aliphatic carbocycles. The number of amides is 1. The molecule has 0 radical (unpaired) electrons. The Morgan fingerprint density at radius 1 is 1.21 bits per heavy atom. The van der Waals surface area contributed by atoms with Gasteiger partial charge >= 0.3 is 0 Å². The van der Waals surface area contributed by atoms with Gasteiger partial charge in [0.05, 0.1) is 6.61 Å². The third kappa shape index (κ3) is 8.09. The second-order valence-electron chi connectivity index (χ2n) is 6.66. The molecule has 1 unspecified atom stereocenters. The third-order valence-corrected chi connectivity index (χ3v) is 4.59. The first-order valence-corrected chi connectivity index (χ1v) is 9.56. The molecule has 1 amide bonds. The molecule has 2 heterocycles. The summed E-state index contributed by atoms with van der Waals surface area (Å²) in [5.74, 6) is 2.54. The number of nitrogens with one attached hydrogen (secondary N) is 2. The Hall–Kier alpha value is -2.02. The van der Waals surface area contributed by atoms with Gasteiger partial charge in [-0.15, -0.1) is 24.8 Å². The summed E-state index contributed by atoms with van der Waals surface area (Å²) in [6, 6.07) is 11.2. The van der Waals surface area contributed by atoms with Crippen LogP contribution >= 0.6 is 24.8 Å². The lowest BCUT2D eigenvalue weighted by Crippen LogP contribution is -2.23. The largest absolute Gasteiger partial charge is 0.490 e. The lowest BCUT2D eigenvalue weighted by atomic mass is 10.0. The highest BCUT2D eigenvalue weighted by Gasteiger charge is 2.15. The Labute approximate surface area is 184 Å². The van der Waals surface area contributed by atoms with Crippen molar-refractivity contribution in [3.05, 3.63) is 48.2 Å². The first kappa shape index (κ1) is 25.0. The quantitative estimate of drug-likeness (QED) is 0.611. The molecule has 6 nitrogen and oxygen atoms in total. The molecule has 1 aliphatic heterocycles. The van der Waals surface area contributed by atoms with Gasteiger partial charge in [-0.3, -0.25) is 4.79 Å². The van der Waals surface area contributed by atoms with E-state index in [9.17, 15) is 4.79 Å². The van der Waals surface area contributed by atoms with Crippen LogP contribution in [0, 0.1) is 5.92 Å². The van der Waals surface area contributed by atoms with Gasteiger partial charge in [-0.1, -0.05) is 18.2 Å². The Balaban J connectivity index is 0.00000210. The van der Waals surface area contributed by atoms with E-state index >= 15 is 0 Å². The Bertz CT molecular complexity index is 738. The molecule has 1 aliphatic rings. The lowest BCUT2D eigenvalue weighted by Gasteiger charge is -2.11. The maximum Gasteiger partial charge on any atom is 0.220 e. The minimum Gasteiger partial charge on any atom is -0.490 e. The average Bonchev–Trinajstić information content (AvgIpc) is 3.21. The van der Waals surface area contributed by atoms with Crippen molar-refractivity contribution in [3.8, 4) is 17.4 Å². The predicted octanol–water partition coefficient (Wildman–Crippen LogP) is 4.12. The number of para-hydroxylation sites is 2. The van der Waals surface area contributed by atoms with E-state index in [0.717, 1.165) is 25.1 Å². The lowest BCUT2D eigenvalue weighted by molar-refractivity contribution is -0.121. The third-order valence-electron chi connectivity index (χ3n) is 4.59. The van der Waals surface area contributed by atoms with Gasteiger partial charge in [0.15, 0.2) is 11.5 Å². The van der Waals surface area contributed by atoms with Crippen LogP contribution in [0.3, 0.4) is 0 Å². The smallest absolute Gasteiger partial charge is 0.220 e. The highest BCUT2D eigenvalue weighted by molar-refractivity contribution is 5.85. The number of halogens is 2. The SMILES string of the molecule is CCOc1ccccc1Oc1ccc(CNC(=O)CCC2CCNC2)cn1.Cl.Cl. The fourth-order valence-electron chi connectivity index (χ4n) is 3.08. The number of ether oxygens (including phenoxy) is 2. The van der Waals surface area contributed by atoms with E-state index in [2.05, 4.69) is 15.6 Å². The summed E-state index contributed by atoms with van der Waals surface area (Å²) in [5, 5.41) is 6.29. The number of nitrogens with zero attached hydrogens (tertiary/aromatic N) is 1. The number of carbonyl (C=O) groups excluding carboxylic acids is 1. The summed E-state index contributed by atoms with van der Waals surface area (Å²) in [5.41, 5.74) is 0.941. The van der Waals surface area contributed by atoms with Crippen LogP contribution in [0.2, 0.25) is 0 Å². The number of pyridine rings is 1. The molecule has 8 heteroatoms. The van der Waals surface area contributed by atoms with Crippen molar-refractivity contribution in [1.29, 1.82) is 0 Å². The minimum absolute atomic E-state index is 0. The van der Waals surface area contributed by atoms with Crippen molar-refractivity contribution in [1.82, 2.24) is 15.6 Å². The van der Waals surface area contributed by atoms with Crippen LogP contribution in [0.15, 0.2) is 42.6 Å². The Kier molecular flexibility index (Phi) is 11.4. The van der Waals surface area contributed by atoms with Crippen molar-refractivity contribution in [2.45, 2.75) is 32.7 Å². The molecular weight excluding hydrogens is 413 g/mol. The number of aromatic nitrogens is 1. The molecule has 29 heavy (non-hydrogen) atoms. The van der Waals surface area contributed by atoms with Gasteiger partial charge in [0.25, 0.3) is 0 Å². The first-order valence-electron chi connectivity index (χ1n) is 9.56. The Morgan fingerprint density at radius 2 is 2.00 bits per heavy atom. The molecule has 1 atom stereocenters. The zero-order valence-corrected chi connectivity index (χ0v) is 18.2. The topological polar surface area (TPSA) is 72.5 Å². The van der Waals surface area contributed by atoms with Crippen LogP contribution in [0.25, 0.3) is 0 Å². The van der Waals surface area contributed by atoms with Crippen molar-refractivity contribution < 1.29 is 14.3 Å². The maximum atomic E-state index is 12.0. The normalized spacial score (nSPS) is 15.0. The van der Waals surface area contributed by atoms with Crippen molar-refractivity contribution >= 4 is 30.7 Å². The van der Waals surface area contributed by atoms with Gasteiger partial charge in [-0.05, 0) is 56.5 Å². The van der Waals surface area contributed by atoms with E-state index in [1.54, 1.807) is 12.3 Å². The summed E-state index contributed by atoms with van der Waals surface area (Å²) in [6.07, 6.45) is 4.42. The van der Waals surface area contributed by atoms with Crippen LogP contribution in [0.5, 0.6) is 17.4 Å². The second kappa shape index (κ2) is 13.2. The Morgan fingerprint density at radius 3 is 2.66 bits per heavy atom. The molecule has 1 aromatic heterocycles. The minimum atomic E-state index is 0. The van der Waals surface area contributed by atoms with Gasteiger partial charge in [0, 0.05) is 25.2 Å². The molecule has 3 rings (SSSR count). The zero-order valence-electron chi connectivity index (χ0n) is 16.6. The summed E-state index contributed by atoms with van der Waals surface area (Å²) in [7, 11) is 0. The molecule has 1 fully saturated rings.